The maximum atomic E-state index is 11.4. The average Bonchev–Trinajstić information content (AvgIpc) is 2.84. The Morgan fingerprint density at radius 2 is 1.46 bits per heavy atom. The number of carboxylic acid groups (broad SMARTS) is 1. The smallest absolute Gasteiger partial charge is 0.341 e. The van der Waals surface area contributed by atoms with Crippen molar-refractivity contribution in [2.75, 3.05) is 6.61 Å². The van der Waals surface area contributed by atoms with Gasteiger partial charge in [-0.2, -0.15) is 0 Å². The number of allylic oxidation sites excluding steroid dienone is 3. The summed E-state index contributed by atoms with van der Waals surface area (Å²) in [5.41, 5.74) is 8.17. The van der Waals surface area contributed by atoms with Crippen molar-refractivity contribution in [3.05, 3.63) is 111 Å². The lowest BCUT2D eigenvalue weighted by Crippen LogP contribution is -2.14. The van der Waals surface area contributed by atoms with Gasteiger partial charge in [0.15, 0.2) is 6.61 Å². The van der Waals surface area contributed by atoms with Crippen LogP contribution >= 0.6 is 0 Å². The van der Waals surface area contributed by atoms with E-state index in [0.29, 0.717) is 12.2 Å². The Bertz CT molecular complexity index is 1290. The van der Waals surface area contributed by atoms with Gasteiger partial charge in [-0.15, -0.1) is 0 Å². The van der Waals surface area contributed by atoms with E-state index in [1.807, 2.05) is 58.0 Å². The third-order valence-electron chi connectivity index (χ3n) is 6.66. The molecule has 0 aliphatic heterocycles. The van der Waals surface area contributed by atoms with Crippen LogP contribution in [0.1, 0.15) is 63.8 Å². The molecule has 0 bridgehead atoms. The van der Waals surface area contributed by atoms with Crippen LogP contribution in [-0.2, 0) is 11.2 Å². The molecule has 0 amide bonds. The predicted molar refractivity (Wildman–Crippen MR) is 148 cm³/mol. The number of aliphatic carboxylic acids is 1. The molecule has 0 spiro atoms. The van der Waals surface area contributed by atoms with Gasteiger partial charge in [-0.3, -0.25) is 0 Å². The molecular weight excluding hydrogens is 464 g/mol. The molecule has 3 aromatic carbocycles. The van der Waals surface area contributed by atoms with Crippen LogP contribution < -0.4 is 4.74 Å². The maximum Gasteiger partial charge on any atom is 0.341 e. The fourth-order valence-corrected chi connectivity index (χ4v) is 4.70. The third kappa shape index (κ3) is 6.42. The van der Waals surface area contributed by atoms with E-state index in [0.717, 1.165) is 56.5 Å². The monoisotopic (exact) mass is 500 g/mol. The summed E-state index contributed by atoms with van der Waals surface area (Å²) in [7, 11) is 0. The molecule has 3 rings (SSSR count). The second-order valence-corrected chi connectivity index (χ2v) is 9.55. The molecule has 0 atom stereocenters. The first kappa shape index (κ1) is 27.6. The number of phenolic OH excluding ortho intramolecular Hbond substituents is 2. The van der Waals surface area contributed by atoms with Crippen molar-refractivity contribution in [3.8, 4) is 17.2 Å². The van der Waals surface area contributed by atoms with Crippen LogP contribution in [0.25, 0.3) is 0 Å². The van der Waals surface area contributed by atoms with Gasteiger partial charge in [0.1, 0.15) is 17.2 Å². The molecule has 5 heteroatoms. The molecule has 0 aromatic heterocycles. The Hall–Kier alpha value is -3.99. The van der Waals surface area contributed by atoms with Crippen molar-refractivity contribution < 1.29 is 24.9 Å². The molecule has 0 radical (unpaired) electrons. The van der Waals surface area contributed by atoms with E-state index in [4.69, 9.17) is 4.74 Å². The normalized spacial score (nSPS) is 11.6. The largest absolute Gasteiger partial charge is 0.508 e. The van der Waals surface area contributed by atoms with Crippen LogP contribution in [0.3, 0.4) is 0 Å². The molecule has 0 aliphatic rings. The van der Waals surface area contributed by atoms with Gasteiger partial charge in [-0.25, -0.2) is 4.79 Å². The Morgan fingerprint density at radius 1 is 0.892 bits per heavy atom. The van der Waals surface area contributed by atoms with Crippen LogP contribution in [0.5, 0.6) is 17.2 Å². The number of aryl methyl sites for hydroxylation is 4. The lowest BCUT2D eigenvalue weighted by molar-refractivity contribution is -0.139. The minimum absolute atomic E-state index is 0.218. The van der Waals surface area contributed by atoms with Gasteiger partial charge in [-0.05, 0) is 103 Å². The number of phenols is 2. The lowest BCUT2D eigenvalue weighted by atomic mass is 9.79. The molecule has 0 aliphatic carbocycles. The first-order valence-corrected chi connectivity index (χ1v) is 12.4. The SMILES string of the molecule is C=C/C(=C\CC)Cc1ccc(OCC(=O)O)c(C(c2cc(C)c(O)cc2C)c2cc(C)c(O)cc2C)c1. The van der Waals surface area contributed by atoms with E-state index in [-0.39, 0.29) is 17.4 Å². The summed E-state index contributed by atoms with van der Waals surface area (Å²) >= 11 is 0. The highest BCUT2D eigenvalue weighted by molar-refractivity contribution is 5.69. The first-order chi connectivity index (χ1) is 17.5. The number of aromatic hydroxyl groups is 2. The molecule has 5 nitrogen and oxygen atoms in total. The van der Waals surface area contributed by atoms with Gasteiger partial charge in [0.2, 0.25) is 0 Å². The summed E-state index contributed by atoms with van der Waals surface area (Å²) < 4.78 is 5.81. The highest BCUT2D eigenvalue weighted by Gasteiger charge is 2.26. The number of rotatable bonds is 10. The fourth-order valence-electron chi connectivity index (χ4n) is 4.70. The number of carboxylic acids is 1. The molecule has 0 fully saturated rings. The van der Waals surface area contributed by atoms with Crippen molar-refractivity contribution in [1.29, 1.82) is 0 Å². The van der Waals surface area contributed by atoms with Crippen molar-refractivity contribution in [1.82, 2.24) is 0 Å². The van der Waals surface area contributed by atoms with Crippen molar-refractivity contribution in [2.24, 2.45) is 0 Å². The van der Waals surface area contributed by atoms with Gasteiger partial charge in [0.05, 0.1) is 0 Å². The topological polar surface area (TPSA) is 87.0 Å². The minimum Gasteiger partial charge on any atom is -0.508 e. The van der Waals surface area contributed by atoms with Crippen LogP contribution in [0.15, 0.2) is 66.8 Å². The van der Waals surface area contributed by atoms with E-state index in [1.165, 1.54) is 0 Å². The number of hydrogen-bond acceptors (Lipinski definition) is 4. The quantitative estimate of drug-likeness (QED) is 0.205. The Labute approximate surface area is 219 Å². The van der Waals surface area contributed by atoms with E-state index >= 15 is 0 Å². The van der Waals surface area contributed by atoms with Crippen molar-refractivity contribution >= 4 is 5.97 Å². The number of carbonyl (C=O) groups is 1. The summed E-state index contributed by atoms with van der Waals surface area (Å²) in [5, 5.41) is 30.1. The van der Waals surface area contributed by atoms with E-state index < -0.39 is 12.6 Å². The second kappa shape index (κ2) is 11.8. The zero-order valence-corrected chi connectivity index (χ0v) is 22.3. The molecule has 0 unspecified atom stereocenters. The van der Waals surface area contributed by atoms with Crippen molar-refractivity contribution in [2.45, 2.75) is 53.4 Å². The first-order valence-electron chi connectivity index (χ1n) is 12.4. The molecular formula is C32H36O5. The van der Waals surface area contributed by atoms with Crippen LogP contribution in [0.4, 0.5) is 0 Å². The van der Waals surface area contributed by atoms with Gasteiger partial charge in [0, 0.05) is 11.5 Å². The summed E-state index contributed by atoms with van der Waals surface area (Å²) in [6, 6.07) is 13.3. The maximum absolute atomic E-state index is 11.4. The molecule has 37 heavy (non-hydrogen) atoms. The highest BCUT2D eigenvalue weighted by Crippen LogP contribution is 2.43. The van der Waals surface area contributed by atoms with Crippen LogP contribution in [0.2, 0.25) is 0 Å². The van der Waals surface area contributed by atoms with Gasteiger partial charge in [0.25, 0.3) is 0 Å². The zero-order valence-electron chi connectivity index (χ0n) is 22.3. The molecule has 194 valence electrons. The summed E-state index contributed by atoms with van der Waals surface area (Å²) in [6.07, 6.45) is 5.57. The van der Waals surface area contributed by atoms with Crippen LogP contribution in [-0.4, -0.2) is 27.9 Å². The number of ether oxygens (including phenoxy) is 1. The van der Waals surface area contributed by atoms with E-state index in [1.54, 1.807) is 12.1 Å². The molecule has 3 N–H and O–H groups in total. The zero-order chi connectivity index (χ0) is 27.3. The third-order valence-corrected chi connectivity index (χ3v) is 6.66. The summed E-state index contributed by atoms with van der Waals surface area (Å²) in [6.45, 7) is 13.2. The number of benzene rings is 3. The van der Waals surface area contributed by atoms with Gasteiger partial charge < -0.3 is 20.1 Å². The summed E-state index contributed by atoms with van der Waals surface area (Å²) in [4.78, 5) is 11.4. The highest BCUT2D eigenvalue weighted by atomic mass is 16.5. The standard InChI is InChI=1S/C32H36O5/c1-7-9-23(8-2)16-24-10-11-30(37-18-31(35)36)27(17-24)32(25-12-21(5)28(33)14-19(25)3)26-13-22(6)29(34)15-20(26)4/h8-15,17,32-34H,2,7,16,18H2,1,3-6H3,(H,35,36)/b23-9+. The Balaban J connectivity index is 2.35. The van der Waals surface area contributed by atoms with E-state index in [2.05, 4.69) is 25.6 Å². The molecule has 0 heterocycles. The predicted octanol–water partition coefficient (Wildman–Crippen LogP) is 7.04. The van der Waals surface area contributed by atoms with Crippen LogP contribution in [0, 0.1) is 27.7 Å². The number of hydrogen-bond donors (Lipinski definition) is 3. The summed E-state index contributed by atoms with van der Waals surface area (Å²) in [5.74, 6) is -0.472. The van der Waals surface area contributed by atoms with E-state index in [9.17, 15) is 20.1 Å². The molecule has 3 aromatic rings. The lowest BCUT2D eigenvalue weighted by Gasteiger charge is -2.26. The minimum atomic E-state index is -1.06. The van der Waals surface area contributed by atoms with Gasteiger partial charge >= 0.3 is 5.97 Å². The fraction of sp³-hybridized carbons (Fsp3) is 0.281. The second-order valence-electron chi connectivity index (χ2n) is 9.55. The molecule has 0 saturated carbocycles. The Morgan fingerprint density at radius 3 is 1.95 bits per heavy atom. The Kier molecular flexibility index (Phi) is 8.82. The average molecular weight is 501 g/mol. The van der Waals surface area contributed by atoms with Gasteiger partial charge in [-0.1, -0.05) is 49.9 Å². The van der Waals surface area contributed by atoms with Crippen molar-refractivity contribution in [3.63, 3.8) is 0 Å². The molecule has 0 saturated heterocycles.